The van der Waals surface area contributed by atoms with Gasteiger partial charge < -0.3 is 20.9 Å². The quantitative estimate of drug-likeness (QED) is 0.731. The lowest BCUT2D eigenvalue weighted by molar-refractivity contribution is -0.132. The largest absolute Gasteiger partial charge is 0.388 e. The predicted octanol–water partition coefficient (Wildman–Crippen LogP) is 1.68. The number of rotatable bonds is 6. The monoisotopic (exact) mass is 346 g/mol. The van der Waals surface area contributed by atoms with Crippen LogP contribution in [0.15, 0.2) is 24.3 Å². The predicted molar refractivity (Wildman–Crippen MR) is 87.8 cm³/mol. The van der Waals surface area contributed by atoms with E-state index in [4.69, 9.17) is 10.5 Å². The van der Waals surface area contributed by atoms with Crippen molar-refractivity contribution >= 4 is 18.3 Å². The number of halogens is 2. The molecule has 1 aromatic carbocycles. The Morgan fingerprint density at radius 1 is 1.43 bits per heavy atom. The number of nitrogens with one attached hydrogen (secondary N) is 1. The Morgan fingerprint density at radius 3 is 2.65 bits per heavy atom. The molecule has 1 fully saturated rings. The minimum atomic E-state index is -0.753. The van der Waals surface area contributed by atoms with Gasteiger partial charge in [0.15, 0.2) is 0 Å². The lowest BCUT2D eigenvalue weighted by Crippen LogP contribution is -2.41. The molecular weight excluding hydrogens is 323 g/mol. The van der Waals surface area contributed by atoms with Gasteiger partial charge in [0.1, 0.15) is 11.9 Å². The SMILES string of the molecule is CC(CC(O)c1ccc(F)cc1)NC(=O)[C@@H]1CC[C@H](CN)O1.Cl. The highest BCUT2D eigenvalue weighted by atomic mass is 35.5. The van der Waals surface area contributed by atoms with Crippen molar-refractivity contribution in [3.05, 3.63) is 35.6 Å². The molecule has 23 heavy (non-hydrogen) atoms. The number of nitrogens with two attached hydrogens (primary N) is 1. The van der Waals surface area contributed by atoms with Crippen molar-refractivity contribution in [3.8, 4) is 0 Å². The van der Waals surface area contributed by atoms with Crippen LogP contribution in [0, 0.1) is 5.82 Å². The van der Waals surface area contributed by atoms with Crippen LogP contribution in [-0.4, -0.2) is 35.8 Å². The zero-order chi connectivity index (χ0) is 16.1. The Morgan fingerprint density at radius 2 is 2.09 bits per heavy atom. The molecule has 2 rings (SSSR count). The number of carbonyl (C=O) groups excluding carboxylic acids is 1. The third-order valence-electron chi connectivity index (χ3n) is 3.88. The molecule has 0 aliphatic carbocycles. The van der Waals surface area contributed by atoms with Crippen LogP contribution in [0.2, 0.25) is 0 Å². The van der Waals surface area contributed by atoms with Crippen molar-refractivity contribution < 1.29 is 19.0 Å². The van der Waals surface area contributed by atoms with Crippen LogP contribution in [0.5, 0.6) is 0 Å². The average molecular weight is 347 g/mol. The van der Waals surface area contributed by atoms with Crippen LogP contribution in [0.25, 0.3) is 0 Å². The average Bonchev–Trinajstić information content (AvgIpc) is 2.96. The Balaban J connectivity index is 0.00000264. The molecule has 1 aliphatic heterocycles. The molecule has 1 aromatic rings. The maximum absolute atomic E-state index is 12.9. The molecule has 2 unspecified atom stereocenters. The van der Waals surface area contributed by atoms with Gasteiger partial charge in [-0.1, -0.05) is 12.1 Å². The number of aliphatic hydroxyl groups is 1. The fraction of sp³-hybridized carbons (Fsp3) is 0.562. The smallest absolute Gasteiger partial charge is 0.249 e. The van der Waals surface area contributed by atoms with Crippen LogP contribution in [0.1, 0.15) is 37.9 Å². The first-order chi connectivity index (χ1) is 10.5. The third kappa shape index (κ3) is 5.73. The second-order valence-electron chi connectivity index (χ2n) is 5.77. The maximum atomic E-state index is 12.9. The number of benzene rings is 1. The van der Waals surface area contributed by atoms with E-state index >= 15 is 0 Å². The highest BCUT2D eigenvalue weighted by Crippen LogP contribution is 2.21. The molecule has 4 N–H and O–H groups in total. The first kappa shape index (κ1) is 19.8. The van der Waals surface area contributed by atoms with Crippen molar-refractivity contribution in [2.24, 2.45) is 5.73 Å². The van der Waals surface area contributed by atoms with Crippen molar-refractivity contribution in [3.63, 3.8) is 0 Å². The summed E-state index contributed by atoms with van der Waals surface area (Å²) in [4.78, 5) is 12.1. The van der Waals surface area contributed by atoms with Gasteiger partial charge in [-0.3, -0.25) is 4.79 Å². The van der Waals surface area contributed by atoms with Crippen molar-refractivity contribution in [2.75, 3.05) is 6.54 Å². The van der Waals surface area contributed by atoms with Crippen LogP contribution >= 0.6 is 12.4 Å². The van der Waals surface area contributed by atoms with Gasteiger partial charge in [0, 0.05) is 12.6 Å². The number of aliphatic hydroxyl groups excluding tert-OH is 1. The number of hydrogen-bond donors (Lipinski definition) is 3. The van der Waals surface area contributed by atoms with Gasteiger partial charge >= 0.3 is 0 Å². The van der Waals surface area contributed by atoms with E-state index in [1.807, 2.05) is 6.92 Å². The maximum Gasteiger partial charge on any atom is 0.249 e. The third-order valence-corrected chi connectivity index (χ3v) is 3.88. The van der Waals surface area contributed by atoms with Crippen molar-refractivity contribution in [1.82, 2.24) is 5.32 Å². The molecule has 1 heterocycles. The van der Waals surface area contributed by atoms with Crippen LogP contribution < -0.4 is 11.1 Å². The molecule has 0 spiro atoms. The number of ether oxygens (including phenoxy) is 1. The number of hydrogen-bond acceptors (Lipinski definition) is 4. The van der Waals surface area contributed by atoms with Crippen LogP contribution in [0.4, 0.5) is 4.39 Å². The summed E-state index contributed by atoms with van der Waals surface area (Å²) in [5, 5.41) is 13.0. The molecular formula is C16H24ClFN2O3. The first-order valence-corrected chi connectivity index (χ1v) is 7.59. The Labute approximate surface area is 141 Å². The summed E-state index contributed by atoms with van der Waals surface area (Å²) in [6.07, 6.45) is 0.555. The highest BCUT2D eigenvalue weighted by molar-refractivity contribution is 5.85. The van der Waals surface area contributed by atoms with Crippen LogP contribution in [-0.2, 0) is 9.53 Å². The van der Waals surface area contributed by atoms with E-state index in [2.05, 4.69) is 5.32 Å². The zero-order valence-corrected chi connectivity index (χ0v) is 13.9. The van der Waals surface area contributed by atoms with E-state index in [1.165, 1.54) is 12.1 Å². The molecule has 5 nitrogen and oxygen atoms in total. The van der Waals surface area contributed by atoms with Crippen molar-refractivity contribution in [2.45, 2.75) is 50.5 Å². The van der Waals surface area contributed by atoms with E-state index in [1.54, 1.807) is 12.1 Å². The highest BCUT2D eigenvalue weighted by Gasteiger charge is 2.30. The summed E-state index contributed by atoms with van der Waals surface area (Å²) in [6.45, 7) is 2.24. The summed E-state index contributed by atoms with van der Waals surface area (Å²) in [7, 11) is 0. The molecule has 0 aromatic heterocycles. The molecule has 0 saturated carbocycles. The lowest BCUT2D eigenvalue weighted by Gasteiger charge is -2.20. The van der Waals surface area contributed by atoms with Gasteiger partial charge in [-0.25, -0.2) is 4.39 Å². The molecule has 1 amide bonds. The van der Waals surface area contributed by atoms with E-state index in [-0.39, 0.29) is 36.3 Å². The molecule has 4 atom stereocenters. The number of amides is 1. The lowest BCUT2D eigenvalue weighted by atomic mass is 10.0. The number of carbonyl (C=O) groups is 1. The van der Waals surface area contributed by atoms with Crippen molar-refractivity contribution in [1.29, 1.82) is 0 Å². The fourth-order valence-electron chi connectivity index (χ4n) is 2.62. The first-order valence-electron chi connectivity index (χ1n) is 7.59. The Hall–Kier alpha value is -1.21. The van der Waals surface area contributed by atoms with Gasteiger partial charge in [-0.05, 0) is 43.9 Å². The molecule has 130 valence electrons. The van der Waals surface area contributed by atoms with Gasteiger partial charge in [0.05, 0.1) is 12.2 Å². The molecule has 0 radical (unpaired) electrons. The summed E-state index contributed by atoms with van der Waals surface area (Å²) in [5.74, 6) is -0.514. The summed E-state index contributed by atoms with van der Waals surface area (Å²) >= 11 is 0. The minimum absolute atomic E-state index is 0. The topological polar surface area (TPSA) is 84.6 Å². The fourth-order valence-corrected chi connectivity index (χ4v) is 2.62. The van der Waals surface area contributed by atoms with E-state index in [9.17, 15) is 14.3 Å². The summed E-state index contributed by atoms with van der Waals surface area (Å²) in [6, 6.07) is 5.48. The molecule has 7 heteroatoms. The second kappa shape index (κ2) is 9.17. The summed E-state index contributed by atoms with van der Waals surface area (Å²) in [5.41, 5.74) is 6.15. The molecule has 1 saturated heterocycles. The normalized spacial score (nSPS) is 23.0. The molecule has 1 aliphatic rings. The minimum Gasteiger partial charge on any atom is -0.388 e. The van der Waals surface area contributed by atoms with Gasteiger partial charge in [0.2, 0.25) is 5.91 Å². The summed E-state index contributed by atoms with van der Waals surface area (Å²) < 4.78 is 18.4. The van der Waals surface area contributed by atoms with Gasteiger partial charge in [-0.2, -0.15) is 0 Å². The Bertz CT molecular complexity index is 501. The molecule has 0 bridgehead atoms. The van der Waals surface area contributed by atoms with E-state index in [0.29, 0.717) is 24.9 Å². The van der Waals surface area contributed by atoms with E-state index in [0.717, 1.165) is 6.42 Å². The van der Waals surface area contributed by atoms with Crippen LogP contribution in [0.3, 0.4) is 0 Å². The zero-order valence-electron chi connectivity index (χ0n) is 13.1. The van der Waals surface area contributed by atoms with Gasteiger partial charge in [-0.15, -0.1) is 12.4 Å². The second-order valence-corrected chi connectivity index (χ2v) is 5.77. The van der Waals surface area contributed by atoms with E-state index < -0.39 is 12.2 Å². The standard InChI is InChI=1S/C16H23FN2O3.ClH/c1-10(8-14(20)11-2-4-12(17)5-3-11)19-16(21)15-7-6-13(9-18)22-15;/h2-5,10,13-15,20H,6-9,18H2,1H3,(H,19,21);1H/t10?,13-,14?,15+;/m1./s1. The van der Waals surface area contributed by atoms with Gasteiger partial charge in [0.25, 0.3) is 0 Å². The Kier molecular flexibility index (Phi) is 7.91.